The number of aromatic carboxylic acids is 2. The Kier molecular flexibility index (Phi) is 14.7. The molecule has 53 heavy (non-hydrogen) atoms. The van der Waals surface area contributed by atoms with Crippen LogP contribution < -0.4 is 10.2 Å². The summed E-state index contributed by atoms with van der Waals surface area (Å²) in [5.41, 5.74) is 6.17. The van der Waals surface area contributed by atoms with E-state index in [9.17, 15) is 30.0 Å². The van der Waals surface area contributed by atoms with Crippen LogP contribution in [0.5, 0.6) is 11.5 Å². The second-order valence-corrected chi connectivity index (χ2v) is 13.1. The Balaban J connectivity index is 0.000000232. The maximum atomic E-state index is 11.9. The standard InChI is InChI=1S/2C23H22O3.Zn/c2*1-16(18-10-6-3-7-11-18)20(14-17-8-4-2-5-9-17)19-12-13-22(24)21(15-19)23(25)26;/h2*2-13,15-16,20,24H,14H2,1H3,(H,25,26);/q;;+2/p-2. The Labute approximate surface area is 324 Å². The van der Waals surface area contributed by atoms with Crippen LogP contribution in [0, 0.1) is 0 Å². The quantitative estimate of drug-likeness (QED) is 0.120. The van der Waals surface area contributed by atoms with Crippen LogP contribution in [0.1, 0.15) is 91.6 Å². The van der Waals surface area contributed by atoms with Gasteiger partial charge in [-0.25, -0.2) is 9.59 Å². The fourth-order valence-electron chi connectivity index (χ4n) is 6.77. The maximum Gasteiger partial charge on any atom is 2.00 e. The molecule has 7 heteroatoms. The van der Waals surface area contributed by atoms with Gasteiger partial charge in [0.25, 0.3) is 0 Å². The molecule has 6 rings (SSSR count). The minimum atomic E-state index is -1.18. The third kappa shape index (κ3) is 10.8. The second-order valence-electron chi connectivity index (χ2n) is 13.1. The van der Waals surface area contributed by atoms with Gasteiger partial charge in [-0.15, -0.1) is 0 Å². The van der Waals surface area contributed by atoms with Crippen molar-refractivity contribution in [1.29, 1.82) is 0 Å². The third-order valence-electron chi connectivity index (χ3n) is 9.78. The molecule has 0 aliphatic carbocycles. The van der Waals surface area contributed by atoms with E-state index in [1.807, 2.05) is 72.8 Å². The van der Waals surface area contributed by atoms with Crippen molar-refractivity contribution in [3.05, 3.63) is 202 Å². The van der Waals surface area contributed by atoms with E-state index in [-0.39, 0.29) is 54.3 Å². The average Bonchev–Trinajstić information content (AvgIpc) is 3.17. The van der Waals surface area contributed by atoms with E-state index in [2.05, 4.69) is 62.4 Å². The number of hydrogen-bond donors (Lipinski definition) is 2. The Morgan fingerprint density at radius 3 is 1.08 bits per heavy atom. The largest absolute Gasteiger partial charge is 2.00 e. The molecule has 0 amide bonds. The van der Waals surface area contributed by atoms with E-state index in [1.165, 1.54) is 46.5 Å². The van der Waals surface area contributed by atoms with Gasteiger partial charge in [-0.1, -0.05) is 171 Å². The van der Waals surface area contributed by atoms with Crippen LogP contribution >= 0.6 is 0 Å². The summed E-state index contributed by atoms with van der Waals surface area (Å²) in [6, 6.07) is 50.0. The van der Waals surface area contributed by atoms with Crippen molar-refractivity contribution < 1.29 is 49.5 Å². The molecule has 0 radical (unpaired) electrons. The van der Waals surface area contributed by atoms with E-state index in [0.717, 1.165) is 24.0 Å². The molecule has 0 aromatic heterocycles. The van der Waals surface area contributed by atoms with Crippen LogP contribution in [0.4, 0.5) is 0 Å². The van der Waals surface area contributed by atoms with Crippen molar-refractivity contribution in [3.8, 4) is 11.5 Å². The normalized spacial score (nSPS) is 12.9. The Bertz CT molecular complexity index is 1900. The van der Waals surface area contributed by atoms with Crippen molar-refractivity contribution in [2.24, 2.45) is 0 Å². The van der Waals surface area contributed by atoms with E-state index in [0.29, 0.717) is 0 Å². The zero-order chi connectivity index (χ0) is 37.0. The van der Waals surface area contributed by atoms with Crippen LogP contribution in [0.15, 0.2) is 158 Å². The Morgan fingerprint density at radius 2 is 0.774 bits per heavy atom. The van der Waals surface area contributed by atoms with Crippen LogP contribution in [0.25, 0.3) is 0 Å². The van der Waals surface area contributed by atoms with Crippen molar-refractivity contribution in [2.75, 3.05) is 0 Å². The third-order valence-corrected chi connectivity index (χ3v) is 9.78. The van der Waals surface area contributed by atoms with E-state index in [4.69, 9.17) is 0 Å². The summed E-state index contributed by atoms with van der Waals surface area (Å²) in [5, 5.41) is 42.3. The first kappa shape index (κ1) is 40.3. The number of carboxylic acid groups (broad SMARTS) is 2. The fourth-order valence-corrected chi connectivity index (χ4v) is 6.77. The monoisotopic (exact) mass is 754 g/mol. The summed E-state index contributed by atoms with van der Waals surface area (Å²) in [4.78, 5) is 22.8. The predicted octanol–water partition coefficient (Wildman–Crippen LogP) is 9.17. The van der Waals surface area contributed by atoms with Crippen molar-refractivity contribution in [2.45, 2.75) is 50.4 Å². The molecule has 6 aromatic carbocycles. The van der Waals surface area contributed by atoms with Gasteiger partial charge in [-0.2, -0.15) is 0 Å². The minimum Gasteiger partial charge on any atom is -0.872 e. The van der Waals surface area contributed by atoms with Gasteiger partial charge in [-0.05, 0) is 82.0 Å². The molecule has 6 aromatic rings. The summed E-state index contributed by atoms with van der Waals surface area (Å²) in [7, 11) is 0. The molecule has 2 N–H and O–H groups in total. The molecule has 0 saturated heterocycles. The fraction of sp³-hybridized carbons (Fsp3) is 0.174. The number of benzene rings is 6. The number of carbonyl (C=O) groups is 2. The van der Waals surface area contributed by atoms with Crippen LogP contribution in [0.3, 0.4) is 0 Å². The molecule has 6 nitrogen and oxygen atoms in total. The summed E-state index contributed by atoms with van der Waals surface area (Å²) in [6.07, 6.45) is 1.54. The van der Waals surface area contributed by atoms with E-state index in [1.54, 1.807) is 12.1 Å². The van der Waals surface area contributed by atoms with Crippen LogP contribution in [0.2, 0.25) is 0 Å². The van der Waals surface area contributed by atoms with Crippen molar-refractivity contribution in [1.82, 2.24) is 0 Å². The molecule has 0 spiro atoms. The Morgan fingerprint density at radius 1 is 0.472 bits per heavy atom. The molecule has 0 saturated carbocycles. The van der Waals surface area contributed by atoms with Gasteiger partial charge in [0.1, 0.15) is 0 Å². The molecular formula is C46H42O6Zn. The summed E-state index contributed by atoms with van der Waals surface area (Å²) in [5.74, 6) is -2.77. The number of carboxylic acids is 2. The van der Waals surface area contributed by atoms with Gasteiger partial charge in [0.15, 0.2) is 0 Å². The molecule has 0 heterocycles. The van der Waals surface area contributed by atoms with Gasteiger partial charge in [0, 0.05) is 0 Å². The summed E-state index contributed by atoms with van der Waals surface area (Å²) in [6.45, 7) is 4.29. The van der Waals surface area contributed by atoms with Gasteiger partial charge in [-0.3, -0.25) is 0 Å². The van der Waals surface area contributed by atoms with Crippen molar-refractivity contribution >= 4 is 11.9 Å². The van der Waals surface area contributed by atoms with Gasteiger partial charge in [0.05, 0.1) is 11.1 Å². The smallest absolute Gasteiger partial charge is 0.872 e. The first-order valence-corrected chi connectivity index (χ1v) is 17.4. The molecule has 0 aliphatic heterocycles. The SMILES string of the molecule is CC(c1ccccc1)C(Cc1ccccc1)c1ccc([O-])c(C(=O)O)c1.CC(c1ccccc1)C(Cc1ccccc1)c1ccc([O-])c(C(=O)O)c1.[Zn+2]. The van der Waals surface area contributed by atoms with Gasteiger partial charge < -0.3 is 20.4 Å². The van der Waals surface area contributed by atoms with Crippen LogP contribution in [-0.2, 0) is 32.3 Å². The maximum absolute atomic E-state index is 11.9. The predicted molar refractivity (Wildman–Crippen MR) is 201 cm³/mol. The topological polar surface area (TPSA) is 121 Å². The Hall–Kier alpha value is -5.52. The average molecular weight is 756 g/mol. The van der Waals surface area contributed by atoms with Crippen LogP contribution in [-0.4, -0.2) is 22.2 Å². The molecule has 0 fully saturated rings. The zero-order valence-electron chi connectivity index (χ0n) is 30.0. The first-order valence-electron chi connectivity index (χ1n) is 17.4. The minimum absolute atomic E-state index is 0. The molecule has 264 valence electrons. The zero-order valence-corrected chi connectivity index (χ0v) is 32.9. The summed E-state index contributed by atoms with van der Waals surface area (Å²) >= 11 is 0. The second kappa shape index (κ2) is 19.4. The first-order chi connectivity index (χ1) is 25.1. The number of rotatable bonds is 12. The molecule has 0 bridgehead atoms. The molecular weight excluding hydrogens is 714 g/mol. The number of hydrogen-bond acceptors (Lipinski definition) is 4. The summed E-state index contributed by atoms with van der Waals surface area (Å²) < 4.78 is 0. The van der Waals surface area contributed by atoms with Gasteiger partial charge >= 0.3 is 31.4 Å². The van der Waals surface area contributed by atoms with Crippen molar-refractivity contribution in [3.63, 3.8) is 0 Å². The molecule has 0 aliphatic rings. The van der Waals surface area contributed by atoms with Gasteiger partial charge in [0.2, 0.25) is 0 Å². The molecule has 4 atom stereocenters. The molecule has 4 unspecified atom stereocenters. The van der Waals surface area contributed by atoms with E-state index < -0.39 is 23.4 Å². The van der Waals surface area contributed by atoms with E-state index >= 15 is 0 Å².